The zero-order chi connectivity index (χ0) is 21.5. The van der Waals surface area contributed by atoms with Crippen LogP contribution in [0, 0.1) is 11.8 Å². The van der Waals surface area contributed by atoms with E-state index in [-0.39, 0.29) is 0 Å². The number of fused-ring (bicyclic) bond motifs is 1. The van der Waals surface area contributed by atoms with Gasteiger partial charge in [0.05, 0.1) is 11.7 Å². The molecule has 1 aliphatic carbocycles. The minimum absolute atomic E-state index is 0.299. The Kier molecular flexibility index (Phi) is 4.75. The van der Waals surface area contributed by atoms with Crippen LogP contribution in [0.5, 0.6) is 0 Å². The van der Waals surface area contributed by atoms with E-state index in [1.165, 1.54) is 11.1 Å². The number of benzene rings is 2. The first-order valence-electron chi connectivity index (χ1n) is 11.5. The summed E-state index contributed by atoms with van der Waals surface area (Å²) in [7, 11) is 0. The molecule has 6 rings (SSSR count). The van der Waals surface area contributed by atoms with Crippen molar-refractivity contribution >= 4 is 16.9 Å². The molecule has 1 amide bonds. The number of hydrogen-bond donors (Lipinski definition) is 0. The third-order valence-corrected chi connectivity index (χ3v) is 6.77. The second-order valence-corrected chi connectivity index (χ2v) is 9.07. The molecule has 32 heavy (non-hydrogen) atoms. The molecule has 2 aromatic heterocycles. The predicted octanol–water partition coefficient (Wildman–Crippen LogP) is 5.02. The zero-order valence-corrected chi connectivity index (χ0v) is 18.0. The van der Waals surface area contributed by atoms with Crippen molar-refractivity contribution in [3.63, 3.8) is 0 Å². The quantitative estimate of drug-likeness (QED) is 0.454. The number of aromatic nitrogens is 3. The maximum absolute atomic E-state index is 12.5. The van der Waals surface area contributed by atoms with Gasteiger partial charge >= 0.3 is 0 Å². The van der Waals surface area contributed by atoms with E-state index in [1.807, 2.05) is 24.5 Å². The number of nitrogens with zero attached hydrogens (tertiary/aromatic N) is 4. The van der Waals surface area contributed by atoms with E-state index in [4.69, 9.17) is 4.98 Å². The van der Waals surface area contributed by atoms with Gasteiger partial charge in [0.2, 0.25) is 5.91 Å². The molecule has 3 heterocycles. The second kappa shape index (κ2) is 7.90. The molecular weight excluding hydrogens is 396 g/mol. The van der Waals surface area contributed by atoms with Crippen molar-refractivity contribution in [2.45, 2.75) is 25.8 Å². The summed E-state index contributed by atoms with van der Waals surface area (Å²) >= 11 is 0. The Bertz CT molecular complexity index is 1260. The standard InChI is InChI=1S/C27H26N4O/c32-27(23-10-11-23)30-15-13-19(17-30)18-31-25-12-14-28-16-24(25)29-26(31)22-8-6-21(7-9-22)20-4-2-1-3-5-20/h1-9,12,14,16,19,23H,10-11,13,15,17-18H2/t19-/m1/s1. The van der Waals surface area contributed by atoms with Crippen molar-refractivity contribution in [2.24, 2.45) is 11.8 Å². The number of pyridine rings is 1. The molecular formula is C27H26N4O. The van der Waals surface area contributed by atoms with E-state index in [0.717, 1.165) is 61.3 Å². The molecule has 2 fully saturated rings. The van der Waals surface area contributed by atoms with E-state index < -0.39 is 0 Å². The second-order valence-electron chi connectivity index (χ2n) is 9.07. The van der Waals surface area contributed by atoms with Gasteiger partial charge in [-0.15, -0.1) is 0 Å². The normalized spacial score (nSPS) is 18.4. The summed E-state index contributed by atoms with van der Waals surface area (Å²) in [6.07, 6.45) is 6.87. The van der Waals surface area contributed by atoms with Crippen LogP contribution in [0.15, 0.2) is 73.1 Å². The van der Waals surface area contributed by atoms with Gasteiger partial charge in [-0.05, 0) is 42.4 Å². The molecule has 5 heteroatoms. The fourth-order valence-electron chi connectivity index (χ4n) is 4.86. The van der Waals surface area contributed by atoms with Crippen molar-refractivity contribution in [1.82, 2.24) is 19.4 Å². The Morgan fingerprint density at radius 2 is 1.66 bits per heavy atom. The minimum atomic E-state index is 0.299. The molecule has 5 nitrogen and oxygen atoms in total. The third-order valence-electron chi connectivity index (χ3n) is 6.77. The summed E-state index contributed by atoms with van der Waals surface area (Å²) < 4.78 is 2.32. The van der Waals surface area contributed by atoms with E-state index in [0.29, 0.717) is 17.7 Å². The van der Waals surface area contributed by atoms with Crippen molar-refractivity contribution in [3.8, 4) is 22.5 Å². The number of imidazole rings is 1. The summed E-state index contributed by atoms with van der Waals surface area (Å²) in [6, 6.07) is 21.1. The van der Waals surface area contributed by atoms with Crippen LogP contribution in [0.3, 0.4) is 0 Å². The van der Waals surface area contributed by atoms with Crippen LogP contribution in [-0.2, 0) is 11.3 Å². The highest BCUT2D eigenvalue weighted by Gasteiger charge is 2.36. The van der Waals surface area contributed by atoms with Gasteiger partial charge in [-0.3, -0.25) is 9.78 Å². The van der Waals surface area contributed by atoms with Crippen molar-refractivity contribution in [3.05, 3.63) is 73.1 Å². The fraction of sp³-hybridized carbons (Fsp3) is 0.296. The molecule has 1 saturated heterocycles. The van der Waals surface area contributed by atoms with E-state index in [1.54, 1.807) is 0 Å². The molecule has 0 bridgehead atoms. The molecule has 4 aromatic rings. The first-order chi connectivity index (χ1) is 15.8. The van der Waals surface area contributed by atoms with Crippen LogP contribution in [-0.4, -0.2) is 38.4 Å². The average molecular weight is 423 g/mol. The number of hydrogen-bond acceptors (Lipinski definition) is 3. The first kappa shape index (κ1) is 19.2. The summed E-state index contributed by atoms with van der Waals surface area (Å²) in [5.74, 6) is 2.08. The number of carbonyl (C=O) groups excluding carboxylic acids is 1. The minimum Gasteiger partial charge on any atom is -0.342 e. The molecule has 2 aliphatic rings. The molecule has 1 saturated carbocycles. The summed E-state index contributed by atoms with van der Waals surface area (Å²) in [4.78, 5) is 23.8. The summed E-state index contributed by atoms with van der Waals surface area (Å²) in [6.45, 7) is 2.60. The molecule has 0 unspecified atom stereocenters. The Hall–Kier alpha value is -3.47. The summed E-state index contributed by atoms with van der Waals surface area (Å²) in [5, 5.41) is 0. The van der Waals surface area contributed by atoms with E-state index in [2.05, 4.69) is 63.0 Å². The third kappa shape index (κ3) is 3.58. The fourth-order valence-corrected chi connectivity index (χ4v) is 4.86. The van der Waals surface area contributed by atoms with Crippen LogP contribution < -0.4 is 0 Å². The zero-order valence-electron chi connectivity index (χ0n) is 18.0. The molecule has 160 valence electrons. The molecule has 1 aliphatic heterocycles. The highest BCUT2D eigenvalue weighted by Crippen LogP contribution is 2.34. The maximum Gasteiger partial charge on any atom is 0.225 e. The van der Waals surface area contributed by atoms with E-state index in [9.17, 15) is 4.79 Å². The number of rotatable bonds is 5. The monoisotopic (exact) mass is 422 g/mol. The topological polar surface area (TPSA) is 51.0 Å². The Balaban J connectivity index is 1.30. The lowest BCUT2D eigenvalue weighted by Gasteiger charge is -2.18. The van der Waals surface area contributed by atoms with Crippen LogP contribution in [0.4, 0.5) is 0 Å². The SMILES string of the molecule is O=C(C1CC1)N1CC[C@@H](Cn2c(-c3ccc(-c4ccccc4)cc3)nc3cnccc32)C1. The van der Waals surface area contributed by atoms with Gasteiger partial charge in [0.25, 0.3) is 0 Å². The Morgan fingerprint density at radius 3 is 2.44 bits per heavy atom. The van der Waals surface area contributed by atoms with Gasteiger partial charge in [0, 0.05) is 37.3 Å². The van der Waals surface area contributed by atoms with Crippen LogP contribution in [0.1, 0.15) is 19.3 Å². The predicted molar refractivity (Wildman–Crippen MR) is 126 cm³/mol. The number of carbonyl (C=O) groups is 1. The lowest BCUT2D eigenvalue weighted by atomic mass is 10.0. The Morgan fingerprint density at radius 1 is 0.906 bits per heavy atom. The van der Waals surface area contributed by atoms with Crippen molar-refractivity contribution in [2.75, 3.05) is 13.1 Å². The lowest BCUT2D eigenvalue weighted by Crippen LogP contribution is -2.30. The molecule has 0 spiro atoms. The molecule has 1 atom stereocenters. The van der Waals surface area contributed by atoms with Crippen molar-refractivity contribution < 1.29 is 4.79 Å². The lowest BCUT2D eigenvalue weighted by molar-refractivity contribution is -0.131. The van der Waals surface area contributed by atoms with Crippen molar-refractivity contribution in [1.29, 1.82) is 0 Å². The van der Waals surface area contributed by atoms with Gasteiger partial charge in [-0.1, -0.05) is 54.6 Å². The molecule has 0 radical (unpaired) electrons. The van der Waals surface area contributed by atoms with E-state index >= 15 is 0 Å². The smallest absolute Gasteiger partial charge is 0.225 e. The molecule has 0 N–H and O–H groups in total. The van der Waals surface area contributed by atoms with Gasteiger partial charge in [0.15, 0.2) is 0 Å². The van der Waals surface area contributed by atoms with Gasteiger partial charge in [-0.2, -0.15) is 0 Å². The van der Waals surface area contributed by atoms with Gasteiger partial charge in [0.1, 0.15) is 11.3 Å². The first-order valence-corrected chi connectivity index (χ1v) is 11.5. The van der Waals surface area contributed by atoms with Crippen LogP contribution in [0.2, 0.25) is 0 Å². The van der Waals surface area contributed by atoms with Gasteiger partial charge in [-0.25, -0.2) is 4.98 Å². The van der Waals surface area contributed by atoms with Gasteiger partial charge < -0.3 is 9.47 Å². The highest BCUT2D eigenvalue weighted by molar-refractivity contribution is 5.82. The highest BCUT2D eigenvalue weighted by atomic mass is 16.2. The number of likely N-dealkylation sites (tertiary alicyclic amines) is 1. The Labute approximate surface area is 187 Å². The van der Waals surface area contributed by atoms with Crippen LogP contribution in [0.25, 0.3) is 33.5 Å². The number of amides is 1. The van der Waals surface area contributed by atoms with Crippen LogP contribution >= 0.6 is 0 Å². The average Bonchev–Trinajstić information content (AvgIpc) is 3.49. The molecule has 2 aromatic carbocycles. The largest absolute Gasteiger partial charge is 0.342 e. The maximum atomic E-state index is 12.5. The summed E-state index contributed by atoms with van der Waals surface area (Å²) in [5.41, 5.74) is 5.53.